The zero-order valence-corrected chi connectivity index (χ0v) is 23.6. The van der Waals surface area contributed by atoms with Gasteiger partial charge in [0, 0.05) is 12.1 Å². The van der Waals surface area contributed by atoms with Crippen molar-refractivity contribution >= 4 is 16.7 Å². The van der Waals surface area contributed by atoms with E-state index >= 15 is 0 Å². The van der Waals surface area contributed by atoms with Gasteiger partial charge >= 0.3 is 5.97 Å². The van der Waals surface area contributed by atoms with Gasteiger partial charge in [-0.2, -0.15) is 0 Å². The molecule has 2 atom stereocenters. The molecule has 0 aromatic heterocycles. The van der Waals surface area contributed by atoms with E-state index in [-0.39, 0.29) is 18.2 Å². The lowest BCUT2D eigenvalue weighted by molar-refractivity contribution is -0.0209. The summed E-state index contributed by atoms with van der Waals surface area (Å²) in [6, 6.07) is 28.6. The van der Waals surface area contributed by atoms with E-state index in [1.54, 1.807) is 6.07 Å². The molecule has 1 fully saturated rings. The number of β-amino-alcohol motifs (C(OH)–C–C–N with tert-alkyl or cyclic N) is 1. The van der Waals surface area contributed by atoms with E-state index in [0.29, 0.717) is 18.0 Å². The average Bonchev–Trinajstić information content (AvgIpc) is 3.77. The minimum atomic E-state index is -0.917. The fourth-order valence-corrected chi connectivity index (χ4v) is 5.55. The first-order valence-corrected chi connectivity index (χ1v) is 14.2. The van der Waals surface area contributed by atoms with Gasteiger partial charge in [0.2, 0.25) is 0 Å². The lowest BCUT2D eigenvalue weighted by atomic mass is 9.92. The van der Waals surface area contributed by atoms with Crippen LogP contribution in [0.25, 0.3) is 21.9 Å². The molecule has 2 unspecified atom stereocenters. The maximum atomic E-state index is 11.5. The molecule has 0 radical (unpaired) electrons. The van der Waals surface area contributed by atoms with Crippen molar-refractivity contribution in [1.82, 2.24) is 5.32 Å². The molecule has 0 saturated heterocycles. The van der Waals surface area contributed by atoms with Crippen LogP contribution < -0.4 is 5.32 Å². The third-order valence-electron chi connectivity index (χ3n) is 7.83. The first kappa shape index (κ1) is 28.0. The lowest BCUT2D eigenvalue weighted by Gasteiger charge is -2.29. The second-order valence-corrected chi connectivity index (χ2v) is 11.8. The largest absolute Gasteiger partial charge is 0.478 e. The van der Waals surface area contributed by atoms with Crippen molar-refractivity contribution in [3.8, 4) is 11.1 Å². The van der Waals surface area contributed by atoms with Gasteiger partial charge in [0.1, 0.15) is 0 Å². The second-order valence-electron chi connectivity index (χ2n) is 11.8. The summed E-state index contributed by atoms with van der Waals surface area (Å²) >= 11 is 0. The number of hydrogen-bond donors (Lipinski definition) is 3. The Morgan fingerprint density at radius 3 is 2.42 bits per heavy atom. The Balaban J connectivity index is 1.22. The molecule has 4 aromatic rings. The minimum Gasteiger partial charge on any atom is -0.478 e. The number of carboxylic acid groups (broad SMARTS) is 1. The molecular formula is C35H39NO4. The molecule has 1 saturated carbocycles. The monoisotopic (exact) mass is 537 g/mol. The summed E-state index contributed by atoms with van der Waals surface area (Å²) < 4.78 is 6.42. The Morgan fingerprint density at radius 2 is 1.70 bits per heavy atom. The van der Waals surface area contributed by atoms with Crippen molar-refractivity contribution in [1.29, 1.82) is 0 Å². The van der Waals surface area contributed by atoms with Gasteiger partial charge in [0.15, 0.2) is 0 Å². The molecule has 3 N–H and O–H groups in total. The quantitative estimate of drug-likeness (QED) is 0.182. The van der Waals surface area contributed by atoms with Gasteiger partial charge in [0.05, 0.1) is 24.4 Å². The molecule has 5 nitrogen and oxygen atoms in total. The normalized spacial score (nSPS) is 15.2. The predicted molar refractivity (Wildman–Crippen MR) is 161 cm³/mol. The summed E-state index contributed by atoms with van der Waals surface area (Å²) in [5.74, 6) is -0.496. The van der Waals surface area contributed by atoms with E-state index in [0.717, 1.165) is 41.5 Å². The predicted octanol–water partition coefficient (Wildman–Crippen LogP) is 6.95. The molecule has 0 heterocycles. The number of rotatable bonds is 12. The minimum absolute atomic E-state index is 0.115. The Kier molecular flexibility index (Phi) is 8.36. The third kappa shape index (κ3) is 6.79. The van der Waals surface area contributed by atoms with Gasteiger partial charge in [-0.25, -0.2) is 4.79 Å². The number of aromatic carboxylic acids is 1. The van der Waals surface area contributed by atoms with Crippen LogP contribution in [0.2, 0.25) is 0 Å². The molecule has 4 aromatic carbocycles. The van der Waals surface area contributed by atoms with Crippen LogP contribution in [0.15, 0.2) is 84.9 Å². The van der Waals surface area contributed by atoms with E-state index in [1.807, 2.05) is 31.2 Å². The summed E-state index contributed by atoms with van der Waals surface area (Å²) in [6.45, 7) is 6.84. The molecule has 0 amide bonds. The molecule has 5 heteroatoms. The van der Waals surface area contributed by atoms with E-state index < -0.39 is 12.1 Å². The highest BCUT2D eigenvalue weighted by Gasteiger charge is 2.35. The van der Waals surface area contributed by atoms with Crippen molar-refractivity contribution in [2.45, 2.75) is 57.8 Å². The van der Waals surface area contributed by atoms with Crippen molar-refractivity contribution in [2.75, 3.05) is 13.2 Å². The Labute approximate surface area is 236 Å². The van der Waals surface area contributed by atoms with Crippen molar-refractivity contribution in [3.05, 3.63) is 107 Å². The van der Waals surface area contributed by atoms with E-state index in [2.05, 4.69) is 73.8 Å². The van der Waals surface area contributed by atoms with Gasteiger partial charge in [-0.3, -0.25) is 0 Å². The summed E-state index contributed by atoms with van der Waals surface area (Å²) in [4.78, 5) is 11.5. The van der Waals surface area contributed by atoms with Gasteiger partial charge in [-0.05, 0) is 90.6 Å². The summed E-state index contributed by atoms with van der Waals surface area (Å²) in [7, 11) is 0. The average molecular weight is 538 g/mol. The van der Waals surface area contributed by atoms with E-state index in [4.69, 9.17) is 4.74 Å². The van der Waals surface area contributed by atoms with E-state index in [9.17, 15) is 15.0 Å². The Bertz CT molecular complexity index is 1490. The third-order valence-corrected chi connectivity index (χ3v) is 7.83. The lowest BCUT2D eigenvalue weighted by Crippen LogP contribution is -2.46. The highest BCUT2D eigenvalue weighted by Crippen LogP contribution is 2.46. The number of aliphatic hydroxyl groups excluding tert-OH is 1. The fourth-order valence-electron chi connectivity index (χ4n) is 5.55. The van der Waals surface area contributed by atoms with Crippen LogP contribution in [0.3, 0.4) is 0 Å². The second kappa shape index (κ2) is 11.9. The number of ether oxygens (including phenoxy) is 1. The molecule has 1 aliphatic rings. The molecule has 0 aliphatic heterocycles. The number of aryl methyl sites for hydroxylation is 1. The molecule has 1 aliphatic carbocycles. The number of benzene rings is 4. The summed E-state index contributed by atoms with van der Waals surface area (Å²) in [6.07, 6.45) is 2.30. The van der Waals surface area contributed by atoms with Gasteiger partial charge in [-0.1, -0.05) is 78.9 Å². The van der Waals surface area contributed by atoms with Crippen LogP contribution in [0.1, 0.15) is 59.8 Å². The maximum Gasteiger partial charge on any atom is 0.335 e. The topological polar surface area (TPSA) is 78.8 Å². The number of hydrogen-bond acceptors (Lipinski definition) is 4. The van der Waals surface area contributed by atoms with Crippen molar-refractivity contribution < 1.29 is 19.7 Å². The number of carbonyl (C=O) groups is 1. The summed E-state index contributed by atoms with van der Waals surface area (Å²) in [5.41, 5.74) is 5.23. The van der Waals surface area contributed by atoms with E-state index in [1.165, 1.54) is 16.3 Å². The van der Waals surface area contributed by atoms with Crippen molar-refractivity contribution in [3.63, 3.8) is 0 Å². The van der Waals surface area contributed by atoms with Crippen LogP contribution in [-0.4, -0.2) is 41.0 Å². The SMILES string of the molecule is Cc1cc(-c2ccccc2C(OCC(O)CNC(C)(C)Cc2ccc3ccccc3c2)C2CC2)ccc1C(=O)O. The number of aliphatic hydroxyl groups is 1. The van der Waals surface area contributed by atoms with Gasteiger partial charge in [-0.15, -0.1) is 0 Å². The zero-order valence-electron chi connectivity index (χ0n) is 23.6. The van der Waals surface area contributed by atoms with Crippen LogP contribution in [-0.2, 0) is 11.2 Å². The first-order chi connectivity index (χ1) is 19.2. The molecule has 40 heavy (non-hydrogen) atoms. The molecule has 0 spiro atoms. The smallest absolute Gasteiger partial charge is 0.335 e. The molecule has 208 valence electrons. The molecular weight excluding hydrogens is 498 g/mol. The summed E-state index contributed by atoms with van der Waals surface area (Å²) in [5, 5.41) is 26.3. The number of carboxylic acids is 1. The van der Waals surface area contributed by atoms with Crippen LogP contribution in [0.5, 0.6) is 0 Å². The first-order valence-electron chi connectivity index (χ1n) is 14.2. The van der Waals surface area contributed by atoms with Crippen LogP contribution in [0.4, 0.5) is 0 Å². The number of fused-ring (bicyclic) bond motifs is 1. The van der Waals surface area contributed by atoms with Gasteiger partial charge < -0.3 is 20.3 Å². The Hall–Kier alpha value is -3.51. The van der Waals surface area contributed by atoms with Gasteiger partial charge in [0.25, 0.3) is 0 Å². The van der Waals surface area contributed by atoms with Crippen LogP contribution >= 0.6 is 0 Å². The van der Waals surface area contributed by atoms with Crippen LogP contribution in [0, 0.1) is 12.8 Å². The fraction of sp³-hybridized carbons (Fsp3) is 0.343. The maximum absolute atomic E-state index is 11.5. The highest BCUT2D eigenvalue weighted by atomic mass is 16.5. The zero-order chi connectivity index (χ0) is 28.3. The van der Waals surface area contributed by atoms with Crippen molar-refractivity contribution in [2.24, 2.45) is 5.92 Å². The number of nitrogens with one attached hydrogen (secondary N) is 1. The Morgan fingerprint density at radius 1 is 0.975 bits per heavy atom. The standard InChI is InChI=1S/C35H39NO4/c1-23-18-28(16-17-30(23)34(38)39)31-10-6-7-11-32(31)33(26-14-15-26)40-22-29(37)21-36-35(2,3)20-24-12-13-25-8-4-5-9-27(25)19-24/h4-13,16-19,26,29,33,36-37H,14-15,20-22H2,1-3H3,(H,38,39). The molecule has 0 bridgehead atoms. The highest BCUT2D eigenvalue weighted by molar-refractivity contribution is 5.90. The molecule has 5 rings (SSSR count).